The molecule has 4 rings (SSSR count). The Balaban J connectivity index is 1.83. The molecule has 0 aliphatic carbocycles. The highest BCUT2D eigenvalue weighted by molar-refractivity contribution is 9.09. The number of rotatable bonds is 15. The van der Waals surface area contributed by atoms with Crippen LogP contribution in [0.2, 0.25) is 0 Å². The van der Waals surface area contributed by atoms with Gasteiger partial charge in [0.2, 0.25) is 17.7 Å². The first-order valence-corrected chi connectivity index (χ1v) is 16.2. The molecule has 42 heavy (non-hydrogen) atoms. The lowest BCUT2D eigenvalue weighted by molar-refractivity contribution is -0.153. The molecule has 1 spiro atoms. The average Bonchev–Trinajstić information content (AvgIpc) is 3.57. The fraction of sp³-hybridized carbons (Fsp3) is 0.606. The number of aliphatic hydroxyl groups is 1. The van der Waals surface area contributed by atoms with E-state index in [1.807, 2.05) is 44.2 Å². The number of hydrogen-bond acceptors (Lipinski definition) is 5. The fourth-order valence-electron chi connectivity index (χ4n) is 7.44. The van der Waals surface area contributed by atoms with Gasteiger partial charge in [-0.15, -0.1) is 13.2 Å². The topological polar surface area (TPSA) is 90.4 Å². The second-order valence-electron chi connectivity index (χ2n) is 11.9. The molecular formula is C33H46BrN3O5. The molecular weight excluding hydrogens is 598 g/mol. The number of benzene rings is 1. The number of carbonyl (C=O) groups excluding carboxylic acids is 3. The largest absolute Gasteiger partial charge is 0.394 e. The van der Waals surface area contributed by atoms with Crippen molar-refractivity contribution in [2.24, 2.45) is 11.8 Å². The minimum atomic E-state index is -1.19. The predicted molar refractivity (Wildman–Crippen MR) is 167 cm³/mol. The van der Waals surface area contributed by atoms with Gasteiger partial charge >= 0.3 is 0 Å². The summed E-state index contributed by atoms with van der Waals surface area (Å²) < 4.78 is 6.75. The molecule has 3 saturated heterocycles. The summed E-state index contributed by atoms with van der Waals surface area (Å²) in [5.74, 6) is -2.22. The van der Waals surface area contributed by atoms with Crippen molar-refractivity contribution in [2.75, 3.05) is 26.2 Å². The van der Waals surface area contributed by atoms with Gasteiger partial charge in [-0.2, -0.15) is 0 Å². The Hall–Kier alpha value is -2.49. The van der Waals surface area contributed by atoms with Crippen molar-refractivity contribution in [3.63, 3.8) is 0 Å². The molecule has 0 saturated carbocycles. The molecule has 230 valence electrons. The van der Waals surface area contributed by atoms with Gasteiger partial charge in [0, 0.05) is 30.5 Å². The van der Waals surface area contributed by atoms with Crippen molar-refractivity contribution in [1.29, 1.82) is 0 Å². The number of hydrogen-bond donors (Lipinski definition) is 1. The molecule has 1 aromatic rings. The quantitative estimate of drug-likeness (QED) is 0.231. The van der Waals surface area contributed by atoms with E-state index in [1.165, 1.54) is 0 Å². The standard InChI is InChI=1S/C33H46BrN3O5/c1-6-13-22(5)36(18-9-4)32(41)29-33-20-25(34)28(42-33)26(30(39)35(16-7-2)17-8-3)27(33)31(40)37(29)24(21-38)19-23-14-11-10-12-15-23/h7,9-12,14-15,22,24-29,38H,2,4,6,8,13,16-21H2,1,3,5H3/t22?,24-,25?,26-,27+,28-,29?,33?/m1/s1. The summed E-state index contributed by atoms with van der Waals surface area (Å²) in [4.78, 5) is 48.4. The van der Waals surface area contributed by atoms with E-state index in [1.54, 1.807) is 26.9 Å². The van der Waals surface area contributed by atoms with E-state index in [9.17, 15) is 19.5 Å². The van der Waals surface area contributed by atoms with Gasteiger partial charge in [0.05, 0.1) is 30.6 Å². The highest BCUT2D eigenvalue weighted by atomic mass is 79.9. The van der Waals surface area contributed by atoms with Crippen LogP contribution in [0.3, 0.4) is 0 Å². The molecule has 3 aliphatic rings. The Morgan fingerprint density at radius 3 is 2.45 bits per heavy atom. The van der Waals surface area contributed by atoms with Crippen molar-refractivity contribution in [3.05, 3.63) is 61.2 Å². The van der Waals surface area contributed by atoms with Crippen molar-refractivity contribution >= 4 is 33.7 Å². The van der Waals surface area contributed by atoms with Crippen molar-refractivity contribution in [1.82, 2.24) is 14.7 Å². The summed E-state index contributed by atoms with van der Waals surface area (Å²) in [5.41, 5.74) is -0.238. The lowest BCUT2D eigenvalue weighted by Gasteiger charge is -2.41. The highest BCUT2D eigenvalue weighted by Crippen LogP contribution is 2.61. The van der Waals surface area contributed by atoms with Gasteiger partial charge in [-0.3, -0.25) is 14.4 Å². The number of ether oxygens (including phenoxy) is 1. The zero-order valence-electron chi connectivity index (χ0n) is 25.2. The zero-order chi connectivity index (χ0) is 30.6. The molecule has 1 aromatic carbocycles. The van der Waals surface area contributed by atoms with E-state index in [0.717, 1.165) is 24.8 Å². The van der Waals surface area contributed by atoms with Crippen molar-refractivity contribution < 1.29 is 24.2 Å². The molecule has 3 heterocycles. The van der Waals surface area contributed by atoms with Crippen LogP contribution in [0.5, 0.6) is 0 Å². The smallest absolute Gasteiger partial charge is 0.248 e. The zero-order valence-corrected chi connectivity index (χ0v) is 26.7. The van der Waals surface area contributed by atoms with Crippen LogP contribution in [-0.4, -0.2) is 98.4 Å². The summed E-state index contributed by atoms with van der Waals surface area (Å²) in [7, 11) is 0. The van der Waals surface area contributed by atoms with Gasteiger partial charge < -0.3 is 24.5 Å². The summed E-state index contributed by atoms with van der Waals surface area (Å²) in [5, 5.41) is 10.7. The number of carbonyl (C=O) groups is 3. The van der Waals surface area contributed by atoms with Crippen molar-refractivity contribution in [2.45, 2.75) is 87.5 Å². The number of amides is 3. The van der Waals surface area contributed by atoms with E-state index in [4.69, 9.17) is 4.74 Å². The molecule has 2 bridgehead atoms. The van der Waals surface area contributed by atoms with Crippen LogP contribution in [0.4, 0.5) is 0 Å². The summed E-state index contributed by atoms with van der Waals surface area (Å²) in [6.45, 7) is 14.7. The Labute approximate surface area is 258 Å². The van der Waals surface area contributed by atoms with Crippen LogP contribution in [0.25, 0.3) is 0 Å². The number of halogens is 1. The third-order valence-electron chi connectivity index (χ3n) is 9.17. The van der Waals surface area contributed by atoms with Crippen LogP contribution in [0.15, 0.2) is 55.6 Å². The molecule has 4 unspecified atom stereocenters. The summed E-state index contributed by atoms with van der Waals surface area (Å²) in [6.07, 6.45) is 6.13. The molecule has 0 aromatic heterocycles. The van der Waals surface area contributed by atoms with Gasteiger partial charge in [-0.05, 0) is 38.2 Å². The maximum Gasteiger partial charge on any atom is 0.248 e. The second kappa shape index (κ2) is 13.9. The van der Waals surface area contributed by atoms with Gasteiger partial charge in [0.25, 0.3) is 0 Å². The van der Waals surface area contributed by atoms with Crippen LogP contribution in [-0.2, 0) is 25.5 Å². The van der Waals surface area contributed by atoms with Gasteiger partial charge in [0.15, 0.2) is 0 Å². The van der Waals surface area contributed by atoms with Crippen LogP contribution in [0, 0.1) is 11.8 Å². The number of alkyl halides is 1. The summed E-state index contributed by atoms with van der Waals surface area (Å²) in [6, 6.07) is 7.94. The van der Waals surface area contributed by atoms with E-state index >= 15 is 0 Å². The molecule has 8 nitrogen and oxygen atoms in total. The Morgan fingerprint density at radius 1 is 1.17 bits per heavy atom. The second-order valence-corrected chi connectivity index (χ2v) is 13.1. The predicted octanol–water partition coefficient (Wildman–Crippen LogP) is 3.97. The number of likely N-dealkylation sites (tertiary alicyclic amines) is 1. The number of aliphatic hydroxyl groups excluding tert-OH is 1. The fourth-order valence-corrected chi connectivity index (χ4v) is 8.39. The first-order chi connectivity index (χ1) is 20.2. The first kappa shape index (κ1) is 32.4. The van der Waals surface area contributed by atoms with E-state index in [0.29, 0.717) is 32.5 Å². The van der Waals surface area contributed by atoms with E-state index in [-0.39, 0.29) is 35.2 Å². The van der Waals surface area contributed by atoms with Gasteiger partial charge in [-0.1, -0.05) is 78.7 Å². The van der Waals surface area contributed by atoms with E-state index in [2.05, 4.69) is 36.0 Å². The molecule has 0 radical (unpaired) electrons. The number of fused-ring (bicyclic) bond motifs is 1. The van der Waals surface area contributed by atoms with E-state index < -0.39 is 35.6 Å². The molecule has 3 aliphatic heterocycles. The lowest BCUT2D eigenvalue weighted by atomic mass is 9.70. The maximum absolute atomic E-state index is 14.7. The third kappa shape index (κ3) is 5.72. The van der Waals surface area contributed by atoms with Gasteiger partial charge in [-0.25, -0.2) is 0 Å². The molecule has 3 amide bonds. The SMILES string of the molecule is C=CCN(CCC)C(=O)[C@H]1[C@@H]2OC3(CC2Br)C(C(=O)N(CC=C)C(C)CCC)N([C@@H](CO)Cc2ccccc2)C(=O)[C@H]13. The lowest BCUT2D eigenvalue weighted by Crippen LogP contribution is -2.60. The summed E-state index contributed by atoms with van der Waals surface area (Å²) >= 11 is 3.77. The highest BCUT2D eigenvalue weighted by Gasteiger charge is 2.77. The normalized spacial score (nSPS) is 29.2. The third-order valence-corrected chi connectivity index (χ3v) is 10.0. The van der Waals surface area contributed by atoms with Crippen LogP contribution >= 0.6 is 15.9 Å². The minimum absolute atomic E-state index is 0.0851. The Morgan fingerprint density at radius 2 is 1.86 bits per heavy atom. The first-order valence-electron chi connectivity index (χ1n) is 15.3. The average molecular weight is 645 g/mol. The molecule has 3 fully saturated rings. The Kier molecular flexibility index (Phi) is 10.7. The van der Waals surface area contributed by atoms with Crippen LogP contribution < -0.4 is 0 Å². The number of nitrogens with zero attached hydrogens (tertiary/aromatic N) is 3. The molecule has 1 N–H and O–H groups in total. The van der Waals surface area contributed by atoms with Crippen LogP contribution in [0.1, 0.15) is 52.0 Å². The molecule has 9 heteroatoms. The minimum Gasteiger partial charge on any atom is -0.394 e. The Bertz CT molecular complexity index is 1150. The monoisotopic (exact) mass is 643 g/mol. The molecule has 8 atom stereocenters. The van der Waals surface area contributed by atoms with Gasteiger partial charge in [0.1, 0.15) is 11.6 Å². The van der Waals surface area contributed by atoms with Crippen molar-refractivity contribution in [3.8, 4) is 0 Å². The maximum atomic E-state index is 14.7.